The first-order chi connectivity index (χ1) is 11.0. The summed E-state index contributed by atoms with van der Waals surface area (Å²) in [4.78, 5) is 29.3. The largest absolute Gasteiger partial charge is 0.370 e. The average molecular weight is 377 g/mol. The van der Waals surface area contributed by atoms with E-state index in [1.165, 1.54) is 0 Å². The molecule has 2 aliphatic heterocycles. The van der Waals surface area contributed by atoms with Crippen LogP contribution in [0.1, 0.15) is 13.3 Å². The second-order valence-corrected chi connectivity index (χ2v) is 7.26. The van der Waals surface area contributed by atoms with E-state index in [0.717, 1.165) is 27.6 Å². The molecule has 0 aliphatic carbocycles. The monoisotopic (exact) mass is 376 g/mol. The second kappa shape index (κ2) is 4.99. The number of nitrogens with zero attached hydrogens (tertiary/aromatic N) is 1. The fourth-order valence-electron chi connectivity index (χ4n) is 3.76. The highest BCUT2D eigenvalue weighted by Crippen LogP contribution is 2.37. The molecule has 2 aliphatic rings. The Bertz CT molecular complexity index is 818. The minimum Gasteiger partial charge on any atom is -0.370 e. The number of carbonyl (C=O) groups is 2. The summed E-state index contributed by atoms with van der Waals surface area (Å²) in [7, 11) is 0. The number of hydrogen-bond donors (Lipinski definition) is 3. The Morgan fingerprint density at radius 1 is 1.35 bits per heavy atom. The Morgan fingerprint density at radius 3 is 2.87 bits per heavy atom. The summed E-state index contributed by atoms with van der Waals surface area (Å²) in [6.07, 6.45) is 2.53. The van der Waals surface area contributed by atoms with E-state index in [1.54, 1.807) is 0 Å². The molecule has 0 radical (unpaired) electrons. The van der Waals surface area contributed by atoms with Crippen molar-refractivity contribution in [3.63, 3.8) is 0 Å². The van der Waals surface area contributed by atoms with Crippen molar-refractivity contribution < 1.29 is 9.59 Å². The van der Waals surface area contributed by atoms with Gasteiger partial charge in [-0.05, 0) is 24.6 Å². The first kappa shape index (κ1) is 14.6. The van der Waals surface area contributed by atoms with Crippen molar-refractivity contribution in [3.05, 3.63) is 28.9 Å². The van der Waals surface area contributed by atoms with Crippen LogP contribution < -0.4 is 15.5 Å². The summed E-state index contributed by atoms with van der Waals surface area (Å²) in [5, 5.41) is 6.38. The van der Waals surface area contributed by atoms with Gasteiger partial charge in [0.15, 0.2) is 0 Å². The maximum Gasteiger partial charge on any atom is 0.322 e. The molecule has 1 aromatic carbocycles. The number of amides is 3. The number of piperidine rings is 1. The zero-order chi connectivity index (χ0) is 16.2. The number of imide groups is 1. The molecule has 2 atom stereocenters. The van der Waals surface area contributed by atoms with E-state index in [0.29, 0.717) is 13.0 Å². The standard InChI is InChI=1S/C16H17BrN4O2/c1-9-8-21(5-3-16(9)14(22)19-15(23)20-16)13-7-10(17)6-12-11(13)2-4-18-12/h2,4,6-7,9,18H,3,5,8H2,1H3,(H2,19,20,22,23)/t9-,16+/m1/s1. The van der Waals surface area contributed by atoms with Gasteiger partial charge in [0, 0.05) is 46.3 Å². The van der Waals surface area contributed by atoms with E-state index < -0.39 is 5.54 Å². The summed E-state index contributed by atoms with van der Waals surface area (Å²) in [5.41, 5.74) is 1.45. The molecular weight excluding hydrogens is 360 g/mol. The topological polar surface area (TPSA) is 77.2 Å². The van der Waals surface area contributed by atoms with Gasteiger partial charge in [0.1, 0.15) is 5.54 Å². The number of benzene rings is 1. The van der Waals surface area contributed by atoms with Crippen LogP contribution in [0.4, 0.5) is 10.5 Å². The highest BCUT2D eigenvalue weighted by atomic mass is 79.9. The molecule has 2 saturated heterocycles. The second-order valence-electron chi connectivity index (χ2n) is 6.34. The zero-order valence-corrected chi connectivity index (χ0v) is 14.2. The van der Waals surface area contributed by atoms with E-state index in [1.807, 2.05) is 13.1 Å². The van der Waals surface area contributed by atoms with Gasteiger partial charge >= 0.3 is 6.03 Å². The van der Waals surface area contributed by atoms with Gasteiger partial charge < -0.3 is 15.2 Å². The molecule has 1 aromatic heterocycles. The van der Waals surface area contributed by atoms with Crippen LogP contribution in [0.15, 0.2) is 28.9 Å². The molecular formula is C16H17BrN4O2. The third-order valence-corrected chi connectivity index (χ3v) is 5.49. The number of aromatic nitrogens is 1. The minimum atomic E-state index is -0.767. The fourth-order valence-corrected chi connectivity index (χ4v) is 4.20. The van der Waals surface area contributed by atoms with Crippen LogP contribution >= 0.6 is 15.9 Å². The summed E-state index contributed by atoms with van der Waals surface area (Å²) >= 11 is 3.56. The van der Waals surface area contributed by atoms with Crippen LogP contribution in [0, 0.1) is 5.92 Å². The highest BCUT2D eigenvalue weighted by molar-refractivity contribution is 9.10. The van der Waals surface area contributed by atoms with Gasteiger partial charge in [-0.15, -0.1) is 0 Å². The molecule has 7 heteroatoms. The molecule has 23 heavy (non-hydrogen) atoms. The van der Waals surface area contributed by atoms with Crippen molar-refractivity contribution in [3.8, 4) is 0 Å². The van der Waals surface area contributed by atoms with Crippen LogP contribution in [0.5, 0.6) is 0 Å². The Morgan fingerprint density at radius 2 is 2.17 bits per heavy atom. The molecule has 1 spiro atoms. The van der Waals surface area contributed by atoms with Crippen LogP contribution in [0.3, 0.4) is 0 Å². The molecule has 0 unspecified atom stereocenters. The smallest absolute Gasteiger partial charge is 0.322 e. The van der Waals surface area contributed by atoms with Gasteiger partial charge in [0.2, 0.25) is 0 Å². The molecule has 0 saturated carbocycles. The third-order valence-electron chi connectivity index (χ3n) is 5.03. The van der Waals surface area contributed by atoms with Gasteiger partial charge in [0.25, 0.3) is 5.91 Å². The van der Waals surface area contributed by atoms with Crippen LogP contribution in [-0.2, 0) is 4.79 Å². The Labute approximate surface area is 141 Å². The normalized spacial score (nSPS) is 27.6. The molecule has 3 amide bonds. The zero-order valence-electron chi connectivity index (χ0n) is 12.6. The first-order valence-corrected chi connectivity index (χ1v) is 8.44. The minimum absolute atomic E-state index is 0.0238. The van der Waals surface area contributed by atoms with Gasteiger partial charge in [-0.2, -0.15) is 0 Å². The summed E-state index contributed by atoms with van der Waals surface area (Å²) in [6.45, 7) is 3.45. The fraction of sp³-hybridized carbons (Fsp3) is 0.375. The van der Waals surface area contributed by atoms with E-state index in [4.69, 9.17) is 0 Å². The SMILES string of the molecule is C[C@@H]1CN(c2cc(Br)cc3[nH]ccc23)CC[C@]12NC(=O)NC2=O. The molecule has 4 rings (SSSR count). The number of halogens is 1. The van der Waals surface area contributed by atoms with Gasteiger partial charge in [-0.3, -0.25) is 10.1 Å². The number of rotatable bonds is 1. The molecule has 2 fully saturated rings. The molecule has 120 valence electrons. The Balaban J connectivity index is 1.67. The molecule has 6 nitrogen and oxygen atoms in total. The molecule has 3 N–H and O–H groups in total. The van der Waals surface area contributed by atoms with Crippen LogP contribution in [0.25, 0.3) is 10.9 Å². The number of urea groups is 1. The van der Waals surface area contributed by atoms with Crippen molar-refractivity contribution in [2.75, 3.05) is 18.0 Å². The van der Waals surface area contributed by atoms with Crippen molar-refractivity contribution in [2.24, 2.45) is 5.92 Å². The maximum absolute atomic E-state index is 12.2. The number of hydrogen-bond acceptors (Lipinski definition) is 3. The third kappa shape index (κ3) is 2.14. The Hall–Kier alpha value is -2.02. The number of carbonyl (C=O) groups excluding carboxylic acids is 2. The predicted octanol–water partition coefficient (Wildman–Crippen LogP) is 2.35. The van der Waals surface area contributed by atoms with E-state index in [2.05, 4.69) is 54.6 Å². The molecule has 3 heterocycles. The lowest BCUT2D eigenvalue weighted by molar-refractivity contribution is -0.126. The van der Waals surface area contributed by atoms with Gasteiger partial charge in [-0.1, -0.05) is 22.9 Å². The lowest BCUT2D eigenvalue weighted by Crippen LogP contribution is -2.60. The van der Waals surface area contributed by atoms with Crippen molar-refractivity contribution in [1.82, 2.24) is 15.6 Å². The van der Waals surface area contributed by atoms with Crippen LogP contribution in [0.2, 0.25) is 0 Å². The number of aromatic amines is 1. The first-order valence-electron chi connectivity index (χ1n) is 7.65. The van der Waals surface area contributed by atoms with Crippen molar-refractivity contribution >= 4 is 44.5 Å². The predicted molar refractivity (Wildman–Crippen MR) is 91.4 cm³/mol. The summed E-state index contributed by atoms with van der Waals surface area (Å²) < 4.78 is 1.02. The summed E-state index contributed by atoms with van der Waals surface area (Å²) in [6, 6.07) is 5.84. The lowest BCUT2D eigenvalue weighted by Gasteiger charge is -2.43. The van der Waals surface area contributed by atoms with E-state index in [9.17, 15) is 9.59 Å². The van der Waals surface area contributed by atoms with Crippen LogP contribution in [-0.4, -0.2) is 35.6 Å². The van der Waals surface area contributed by atoms with Gasteiger partial charge in [0.05, 0.1) is 0 Å². The van der Waals surface area contributed by atoms with Gasteiger partial charge in [-0.25, -0.2) is 4.79 Å². The van der Waals surface area contributed by atoms with Crippen molar-refractivity contribution in [1.29, 1.82) is 0 Å². The van der Waals surface area contributed by atoms with Crippen molar-refractivity contribution in [2.45, 2.75) is 18.9 Å². The lowest BCUT2D eigenvalue weighted by atomic mass is 9.78. The summed E-state index contributed by atoms with van der Waals surface area (Å²) in [5.74, 6) is -0.175. The number of nitrogens with one attached hydrogen (secondary N) is 3. The Kier molecular flexibility index (Phi) is 3.16. The quantitative estimate of drug-likeness (QED) is 0.668. The number of H-pyrrole nitrogens is 1. The number of fused-ring (bicyclic) bond motifs is 1. The number of anilines is 1. The molecule has 0 bridgehead atoms. The van der Waals surface area contributed by atoms with E-state index in [-0.39, 0.29) is 17.9 Å². The average Bonchev–Trinajstić information content (AvgIpc) is 3.06. The maximum atomic E-state index is 12.2. The highest BCUT2D eigenvalue weighted by Gasteiger charge is 2.52. The molecule has 2 aromatic rings. The van der Waals surface area contributed by atoms with E-state index >= 15 is 0 Å².